The molecule has 7 heteroatoms. The number of carbonyl (C=O) groups is 1. The van der Waals surface area contributed by atoms with Crippen molar-refractivity contribution in [1.29, 1.82) is 0 Å². The van der Waals surface area contributed by atoms with Gasteiger partial charge in [0.25, 0.3) is 5.89 Å². The van der Waals surface area contributed by atoms with Crippen LogP contribution in [0.15, 0.2) is 87.4 Å². The van der Waals surface area contributed by atoms with Crippen LogP contribution in [0, 0.1) is 0 Å². The first kappa shape index (κ1) is 20.8. The van der Waals surface area contributed by atoms with Gasteiger partial charge in [-0.05, 0) is 29.0 Å². The maximum Gasteiger partial charge on any atom is 0.437 e. The van der Waals surface area contributed by atoms with Gasteiger partial charge in [-0.15, -0.1) is 16.4 Å². The zero-order valence-corrected chi connectivity index (χ0v) is 17.8. The van der Waals surface area contributed by atoms with Gasteiger partial charge in [-0.25, -0.2) is 4.79 Å². The van der Waals surface area contributed by atoms with E-state index < -0.39 is 5.76 Å². The van der Waals surface area contributed by atoms with Crippen molar-refractivity contribution in [1.82, 2.24) is 14.7 Å². The van der Waals surface area contributed by atoms with Crippen LogP contribution >= 0.6 is 11.3 Å². The third kappa shape index (κ3) is 5.58. The van der Waals surface area contributed by atoms with Crippen LogP contribution < -0.4 is 5.76 Å². The molecule has 0 unspecified atom stereocenters. The molecule has 31 heavy (non-hydrogen) atoms. The van der Waals surface area contributed by atoms with Gasteiger partial charge in [0.05, 0.1) is 11.4 Å². The molecule has 0 atom stereocenters. The molecule has 1 amide bonds. The number of carbonyl (C=O) groups excluding carboxylic acids is 1. The molecule has 6 nitrogen and oxygen atoms in total. The molecule has 0 N–H and O–H groups in total. The fourth-order valence-electron chi connectivity index (χ4n) is 3.31. The van der Waals surface area contributed by atoms with E-state index in [4.69, 9.17) is 4.42 Å². The van der Waals surface area contributed by atoms with E-state index in [-0.39, 0.29) is 24.8 Å². The van der Waals surface area contributed by atoms with E-state index in [0.717, 1.165) is 16.9 Å². The van der Waals surface area contributed by atoms with Crippen LogP contribution in [-0.4, -0.2) is 27.1 Å². The van der Waals surface area contributed by atoms with E-state index in [0.29, 0.717) is 13.1 Å². The van der Waals surface area contributed by atoms with Gasteiger partial charge in [-0.2, -0.15) is 4.68 Å². The first-order chi connectivity index (χ1) is 15.2. The standard InChI is InChI=1S/C24H23N3O3S/c28-22(14-16-27-24(29)30-23(25-27)21-12-7-17-31-21)26(18-20-10-5-2-6-11-20)15-13-19-8-3-1-4-9-19/h1-12,17H,13-16,18H2. The summed E-state index contributed by atoms with van der Waals surface area (Å²) >= 11 is 1.45. The summed E-state index contributed by atoms with van der Waals surface area (Å²) in [5, 5.41) is 6.13. The Morgan fingerprint density at radius 2 is 1.68 bits per heavy atom. The number of rotatable bonds is 9. The second kappa shape index (κ2) is 10.0. The predicted molar refractivity (Wildman–Crippen MR) is 121 cm³/mol. The molecule has 0 aliphatic heterocycles. The zero-order valence-electron chi connectivity index (χ0n) is 17.0. The Hall–Kier alpha value is -3.45. The van der Waals surface area contributed by atoms with Gasteiger partial charge in [-0.1, -0.05) is 66.7 Å². The molecule has 2 aromatic carbocycles. The van der Waals surface area contributed by atoms with Crippen LogP contribution in [0.4, 0.5) is 0 Å². The number of hydrogen-bond acceptors (Lipinski definition) is 5. The molecule has 0 saturated heterocycles. The van der Waals surface area contributed by atoms with Crippen LogP contribution in [-0.2, 0) is 24.3 Å². The summed E-state index contributed by atoms with van der Waals surface area (Å²) in [6.07, 6.45) is 0.948. The van der Waals surface area contributed by atoms with E-state index in [1.54, 1.807) is 0 Å². The summed E-state index contributed by atoms with van der Waals surface area (Å²) in [5.74, 6) is -0.278. The lowest BCUT2D eigenvalue weighted by Crippen LogP contribution is -2.33. The zero-order chi connectivity index (χ0) is 21.5. The quantitative estimate of drug-likeness (QED) is 0.396. The maximum absolute atomic E-state index is 13.0. The Morgan fingerprint density at radius 3 is 2.35 bits per heavy atom. The SMILES string of the molecule is O=C(CCn1nc(-c2cccs2)oc1=O)N(CCc1ccccc1)Cc1ccccc1. The minimum Gasteiger partial charge on any atom is -0.387 e. The van der Waals surface area contributed by atoms with Crippen molar-refractivity contribution >= 4 is 17.2 Å². The first-order valence-electron chi connectivity index (χ1n) is 10.2. The van der Waals surface area contributed by atoms with Crippen molar-refractivity contribution in [3.63, 3.8) is 0 Å². The Kier molecular flexibility index (Phi) is 6.74. The summed E-state index contributed by atoms with van der Waals surface area (Å²) in [6.45, 7) is 1.32. The van der Waals surface area contributed by atoms with Gasteiger partial charge in [-0.3, -0.25) is 4.79 Å². The van der Waals surface area contributed by atoms with Crippen LogP contribution in [0.25, 0.3) is 10.8 Å². The molecule has 0 bridgehead atoms. The van der Waals surface area contributed by atoms with Gasteiger partial charge in [0, 0.05) is 19.5 Å². The lowest BCUT2D eigenvalue weighted by Gasteiger charge is -2.23. The van der Waals surface area contributed by atoms with Crippen molar-refractivity contribution in [2.45, 2.75) is 25.9 Å². The Labute approximate surface area is 184 Å². The highest BCUT2D eigenvalue weighted by atomic mass is 32.1. The second-order valence-electron chi connectivity index (χ2n) is 7.16. The molecular weight excluding hydrogens is 410 g/mol. The molecule has 2 aromatic heterocycles. The third-order valence-corrected chi connectivity index (χ3v) is 5.82. The third-order valence-electron chi connectivity index (χ3n) is 4.96. The van der Waals surface area contributed by atoms with Crippen molar-refractivity contribution in [3.8, 4) is 10.8 Å². The monoisotopic (exact) mass is 433 g/mol. The number of aryl methyl sites for hydroxylation is 1. The van der Waals surface area contributed by atoms with Gasteiger partial charge in [0.2, 0.25) is 5.91 Å². The molecule has 0 radical (unpaired) electrons. The summed E-state index contributed by atoms with van der Waals surface area (Å²) in [5.41, 5.74) is 2.25. The lowest BCUT2D eigenvalue weighted by molar-refractivity contribution is -0.132. The minimum atomic E-state index is -0.546. The van der Waals surface area contributed by atoms with E-state index in [2.05, 4.69) is 17.2 Å². The van der Waals surface area contributed by atoms with Gasteiger partial charge in [0.15, 0.2) is 0 Å². The fourth-order valence-corrected chi connectivity index (χ4v) is 3.96. The highest BCUT2D eigenvalue weighted by Gasteiger charge is 2.17. The fraction of sp³-hybridized carbons (Fsp3) is 0.208. The summed E-state index contributed by atoms with van der Waals surface area (Å²) in [4.78, 5) is 27.8. The average molecular weight is 434 g/mol. The van der Waals surface area contributed by atoms with Gasteiger partial charge in [0.1, 0.15) is 0 Å². The summed E-state index contributed by atoms with van der Waals surface area (Å²) in [6, 6.07) is 23.7. The van der Waals surface area contributed by atoms with Crippen molar-refractivity contribution in [2.75, 3.05) is 6.54 Å². The predicted octanol–water partition coefficient (Wildman–Crippen LogP) is 4.23. The van der Waals surface area contributed by atoms with Crippen LogP contribution in [0.3, 0.4) is 0 Å². The Morgan fingerprint density at radius 1 is 0.968 bits per heavy atom. The number of benzene rings is 2. The molecule has 0 aliphatic rings. The van der Waals surface area contributed by atoms with Crippen molar-refractivity contribution < 1.29 is 9.21 Å². The summed E-state index contributed by atoms with van der Waals surface area (Å²) in [7, 11) is 0. The Balaban J connectivity index is 1.43. The number of hydrogen-bond donors (Lipinski definition) is 0. The van der Waals surface area contributed by atoms with Crippen molar-refractivity contribution in [3.05, 3.63) is 99.9 Å². The van der Waals surface area contributed by atoms with E-state index in [1.807, 2.05) is 70.9 Å². The van der Waals surface area contributed by atoms with Crippen LogP contribution in [0.2, 0.25) is 0 Å². The largest absolute Gasteiger partial charge is 0.437 e. The van der Waals surface area contributed by atoms with Crippen LogP contribution in [0.1, 0.15) is 17.5 Å². The number of thiophene rings is 1. The first-order valence-corrected chi connectivity index (χ1v) is 11.0. The Bertz CT molecular complexity index is 1150. The highest BCUT2D eigenvalue weighted by molar-refractivity contribution is 7.13. The van der Waals surface area contributed by atoms with Gasteiger partial charge < -0.3 is 9.32 Å². The lowest BCUT2D eigenvalue weighted by atomic mass is 10.1. The average Bonchev–Trinajstić information content (AvgIpc) is 3.46. The molecule has 0 saturated carbocycles. The molecule has 0 fully saturated rings. The maximum atomic E-state index is 13.0. The molecule has 4 rings (SSSR count). The highest BCUT2D eigenvalue weighted by Crippen LogP contribution is 2.21. The minimum absolute atomic E-state index is 0.0210. The smallest absolute Gasteiger partial charge is 0.387 e. The van der Waals surface area contributed by atoms with Gasteiger partial charge >= 0.3 is 5.76 Å². The normalized spacial score (nSPS) is 10.8. The van der Waals surface area contributed by atoms with Crippen molar-refractivity contribution in [2.24, 2.45) is 0 Å². The molecule has 2 heterocycles. The molecule has 4 aromatic rings. The molecule has 0 aliphatic carbocycles. The number of amides is 1. The molecule has 0 spiro atoms. The second-order valence-corrected chi connectivity index (χ2v) is 8.11. The van der Waals surface area contributed by atoms with Crippen LogP contribution in [0.5, 0.6) is 0 Å². The number of aromatic nitrogens is 2. The van der Waals surface area contributed by atoms with E-state index >= 15 is 0 Å². The molecule has 158 valence electrons. The van der Waals surface area contributed by atoms with E-state index in [9.17, 15) is 9.59 Å². The topological polar surface area (TPSA) is 68.3 Å². The number of nitrogens with zero attached hydrogens (tertiary/aromatic N) is 3. The van der Waals surface area contributed by atoms with E-state index in [1.165, 1.54) is 21.6 Å². The summed E-state index contributed by atoms with van der Waals surface area (Å²) < 4.78 is 6.46. The molecular formula is C24H23N3O3S.